The van der Waals surface area contributed by atoms with Crippen molar-refractivity contribution in [2.45, 2.75) is 39.5 Å². The van der Waals surface area contributed by atoms with Crippen LogP contribution in [0.1, 0.15) is 55.4 Å². The van der Waals surface area contributed by atoms with Gasteiger partial charge in [-0.3, -0.25) is 0 Å². The predicted molar refractivity (Wildman–Crippen MR) is 98.7 cm³/mol. The Bertz CT molecular complexity index is 655. The van der Waals surface area contributed by atoms with E-state index in [1.54, 1.807) is 0 Å². The molecule has 0 radical (unpaired) electrons. The molecule has 0 saturated heterocycles. The number of hydrogen-bond acceptors (Lipinski definition) is 1. The summed E-state index contributed by atoms with van der Waals surface area (Å²) in [6.45, 7) is 10.6. The molecule has 0 aliphatic carbocycles. The molecule has 0 fully saturated rings. The zero-order valence-electron chi connectivity index (χ0n) is 14.2. The molecule has 2 rings (SSSR count). The first-order valence-electron chi connectivity index (χ1n) is 8.10. The number of benzene rings is 2. The van der Waals surface area contributed by atoms with Gasteiger partial charge < -0.3 is 5.32 Å². The minimum absolute atomic E-state index is 0.603. The van der Waals surface area contributed by atoms with Crippen LogP contribution < -0.4 is 5.32 Å². The van der Waals surface area contributed by atoms with E-state index in [1.165, 1.54) is 34.4 Å². The van der Waals surface area contributed by atoms with Gasteiger partial charge in [-0.25, -0.2) is 0 Å². The van der Waals surface area contributed by atoms with Crippen molar-refractivity contribution in [2.24, 2.45) is 0 Å². The zero-order chi connectivity index (χ0) is 16.1. The molecule has 1 atom stereocenters. The van der Waals surface area contributed by atoms with Crippen LogP contribution in [-0.2, 0) is 6.42 Å². The van der Waals surface area contributed by atoms with E-state index in [-0.39, 0.29) is 0 Å². The van der Waals surface area contributed by atoms with Gasteiger partial charge in [-0.05, 0) is 54.0 Å². The largest absolute Gasteiger partial charge is 0.388 e. The maximum Gasteiger partial charge on any atom is 0.0373 e. The highest BCUT2D eigenvalue weighted by Crippen LogP contribution is 2.27. The van der Waals surface area contributed by atoms with Gasteiger partial charge in [-0.2, -0.15) is 0 Å². The highest BCUT2D eigenvalue weighted by Gasteiger charge is 2.08. The van der Waals surface area contributed by atoms with Crippen LogP contribution in [0.4, 0.5) is 5.69 Å². The summed E-state index contributed by atoms with van der Waals surface area (Å²) in [7, 11) is 1.99. The minimum Gasteiger partial charge on any atom is -0.388 e. The summed E-state index contributed by atoms with van der Waals surface area (Å²) in [5.41, 5.74) is 7.67. The SMILES string of the molecule is C=C(C)c1cccc(Cc2cc(C(C)CC)ccc2NC)c1. The van der Waals surface area contributed by atoms with Crippen LogP contribution in [0.3, 0.4) is 0 Å². The first kappa shape index (κ1) is 16.4. The Labute approximate surface area is 135 Å². The molecule has 0 aliphatic rings. The molecule has 0 aliphatic heterocycles. The quantitative estimate of drug-likeness (QED) is 0.702. The fraction of sp³-hybridized carbons (Fsp3) is 0.333. The third kappa shape index (κ3) is 3.79. The second kappa shape index (κ2) is 7.31. The maximum atomic E-state index is 4.04. The van der Waals surface area contributed by atoms with Crippen LogP contribution in [0, 0.1) is 0 Å². The summed E-state index contributed by atoms with van der Waals surface area (Å²) in [5.74, 6) is 0.603. The highest BCUT2D eigenvalue weighted by atomic mass is 14.8. The van der Waals surface area contributed by atoms with Crippen molar-refractivity contribution < 1.29 is 0 Å². The molecule has 2 aromatic carbocycles. The summed E-state index contributed by atoms with van der Waals surface area (Å²) in [5, 5.41) is 3.32. The molecule has 116 valence electrons. The smallest absolute Gasteiger partial charge is 0.0373 e. The van der Waals surface area contributed by atoms with Gasteiger partial charge in [0.15, 0.2) is 0 Å². The fourth-order valence-electron chi connectivity index (χ4n) is 2.71. The van der Waals surface area contributed by atoms with Gasteiger partial charge >= 0.3 is 0 Å². The second-order valence-electron chi connectivity index (χ2n) is 6.13. The molecule has 0 amide bonds. The lowest BCUT2D eigenvalue weighted by molar-refractivity contribution is 0.732. The molecule has 2 aromatic rings. The van der Waals surface area contributed by atoms with Crippen LogP contribution in [0.2, 0.25) is 0 Å². The molecule has 1 N–H and O–H groups in total. The topological polar surface area (TPSA) is 12.0 Å². The fourth-order valence-corrected chi connectivity index (χ4v) is 2.71. The van der Waals surface area contributed by atoms with Crippen molar-refractivity contribution in [3.63, 3.8) is 0 Å². The summed E-state index contributed by atoms with van der Waals surface area (Å²) in [6.07, 6.45) is 2.12. The summed E-state index contributed by atoms with van der Waals surface area (Å²) < 4.78 is 0. The average molecular weight is 293 g/mol. The number of rotatable bonds is 6. The lowest BCUT2D eigenvalue weighted by Crippen LogP contribution is -2.00. The minimum atomic E-state index is 0.603. The van der Waals surface area contributed by atoms with Crippen molar-refractivity contribution in [2.75, 3.05) is 12.4 Å². The van der Waals surface area contributed by atoms with Gasteiger partial charge in [-0.1, -0.05) is 62.4 Å². The van der Waals surface area contributed by atoms with Gasteiger partial charge in [0, 0.05) is 12.7 Å². The molecule has 1 heteroatoms. The van der Waals surface area contributed by atoms with Gasteiger partial charge in [0.2, 0.25) is 0 Å². The summed E-state index contributed by atoms with van der Waals surface area (Å²) >= 11 is 0. The average Bonchev–Trinajstić information content (AvgIpc) is 2.54. The van der Waals surface area contributed by atoms with Gasteiger partial charge in [0.05, 0.1) is 0 Å². The third-order valence-corrected chi connectivity index (χ3v) is 4.39. The van der Waals surface area contributed by atoms with Crippen LogP contribution in [0.25, 0.3) is 5.57 Å². The molecule has 1 nitrogen and oxygen atoms in total. The Morgan fingerprint density at radius 3 is 2.59 bits per heavy atom. The molecular weight excluding hydrogens is 266 g/mol. The number of nitrogens with one attached hydrogen (secondary N) is 1. The molecular formula is C21H27N. The standard InChI is InChI=1S/C21H27N/c1-6-16(4)19-10-11-21(22-5)20(14-19)13-17-8-7-9-18(12-17)15(2)3/h7-12,14,16,22H,2,6,13H2,1,3-5H3. The molecule has 0 bridgehead atoms. The number of allylic oxidation sites excluding steroid dienone is 1. The summed E-state index contributed by atoms with van der Waals surface area (Å²) in [4.78, 5) is 0. The van der Waals surface area contributed by atoms with Crippen LogP contribution in [0.15, 0.2) is 49.0 Å². The Kier molecular flexibility index (Phi) is 5.43. The van der Waals surface area contributed by atoms with Gasteiger partial charge in [0.1, 0.15) is 0 Å². The lowest BCUT2D eigenvalue weighted by Gasteiger charge is -2.15. The summed E-state index contributed by atoms with van der Waals surface area (Å²) in [6, 6.07) is 15.5. The van der Waals surface area contributed by atoms with Crippen molar-refractivity contribution >= 4 is 11.3 Å². The van der Waals surface area contributed by atoms with Crippen molar-refractivity contribution in [3.8, 4) is 0 Å². The second-order valence-corrected chi connectivity index (χ2v) is 6.13. The Balaban J connectivity index is 2.34. The Morgan fingerprint density at radius 2 is 1.95 bits per heavy atom. The van der Waals surface area contributed by atoms with E-state index in [2.05, 4.69) is 75.1 Å². The van der Waals surface area contributed by atoms with Crippen molar-refractivity contribution in [3.05, 3.63) is 71.3 Å². The normalized spacial score (nSPS) is 12.0. The highest BCUT2D eigenvalue weighted by molar-refractivity contribution is 5.62. The Morgan fingerprint density at radius 1 is 1.18 bits per heavy atom. The molecule has 0 heterocycles. The molecule has 0 aromatic heterocycles. The van der Waals surface area contributed by atoms with E-state index in [1.807, 2.05) is 7.05 Å². The molecule has 0 spiro atoms. The Hall–Kier alpha value is -2.02. The van der Waals surface area contributed by atoms with E-state index in [4.69, 9.17) is 0 Å². The predicted octanol–water partition coefficient (Wildman–Crippen LogP) is 5.87. The number of hydrogen-bond donors (Lipinski definition) is 1. The molecule has 22 heavy (non-hydrogen) atoms. The van der Waals surface area contributed by atoms with Gasteiger partial charge in [0.25, 0.3) is 0 Å². The van der Waals surface area contributed by atoms with Crippen LogP contribution in [-0.4, -0.2) is 7.05 Å². The third-order valence-electron chi connectivity index (χ3n) is 4.39. The number of anilines is 1. The first-order chi connectivity index (χ1) is 10.5. The maximum absolute atomic E-state index is 4.04. The van der Waals surface area contributed by atoms with E-state index in [0.29, 0.717) is 5.92 Å². The van der Waals surface area contributed by atoms with E-state index >= 15 is 0 Å². The van der Waals surface area contributed by atoms with E-state index < -0.39 is 0 Å². The van der Waals surface area contributed by atoms with Gasteiger partial charge in [-0.15, -0.1) is 0 Å². The lowest BCUT2D eigenvalue weighted by atomic mass is 9.93. The molecule has 0 saturated carbocycles. The zero-order valence-corrected chi connectivity index (χ0v) is 14.2. The molecule has 1 unspecified atom stereocenters. The van der Waals surface area contributed by atoms with Crippen LogP contribution >= 0.6 is 0 Å². The monoisotopic (exact) mass is 293 g/mol. The van der Waals surface area contributed by atoms with E-state index in [0.717, 1.165) is 12.0 Å². The van der Waals surface area contributed by atoms with Crippen molar-refractivity contribution in [1.29, 1.82) is 0 Å². The van der Waals surface area contributed by atoms with Crippen molar-refractivity contribution in [1.82, 2.24) is 0 Å². The van der Waals surface area contributed by atoms with E-state index in [9.17, 15) is 0 Å². The van der Waals surface area contributed by atoms with Crippen LogP contribution in [0.5, 0.6) is 0 Å². The first-order valence-corrected chi connectivity index (χ1v) is 8.10.